The van der Waals surface area contributed by atoms with Gasteiger partial charge in [0.05, 0.1) is 11.0 Å². The SMILES string of the molecule is c1ccc(-c2nc(-c3ccc4c(c3)oc3cc(-c5cccc6c7ccccc7n(-c7ccccc7)c56)ccc34)nc(-c3ccc4oc5ccccc5c4c3)n2)cc1. The number of hydrogen-bond donors (Lipinski definition) is 0. The van der Waals surface area contributed by atoms with Gasteiger partial charge in [0.15, 0.2) is 17.5 Å². The van der Waals surface area contributed by atoms with Gasteiger partial charge in [0.25, 0.3) is 0 Å². The lowest BCUT2D eigenvalue weighted by Gasteiger charge is -2.11. The number of benzene rings is 8. The summed E-state index contributed by atoms with van der Waals surface area (Å²) in [4.78, 5) is 15.1. The summed E-state index contributed by atoms with van der Waals surface area (Å²) in [5, 5.41) is 6.60. The van der Waals surface area contributed by atoms with Crippen LogP contribution in [0.15, 0.2) is 191 Å². The third-order valence-electron chi connectivity index (χ3n) is 11.1. The van der Waals surface area contributed by atoms with Crippen molar-refractivity contribution >= 4 is 65.7 Å². The van der Waals surface area contributed by atoms with Crippen LogP contribution in [0.2, 0.25) is 0 Å². The summed E-state index contributed by atoms with van der Waals surface area (Å²) in [6, 6.07) is 62.8. The van der Waals surface area contributed by atoms with Gasteiger partial charge in [0.2, 0.25) is 0 Å². The Balaban J connectivity index is 0.998. The van der Waals surface area contributed by atoms with Crippen molar-refractivity contribution in [3.63, 3.8) is 0 Å². The Morgan fingerprint density at radius 1 is 0.333 bits per heavy atom. The lowest BCUT2D eigenvalue weighted by Crippen LogP contribution is -2.00. The summed E-state index contributed by atoms with van der Waals surface area (Å²) in [5.41, 5.74) is 11.6. The van der Waals surface area contributed by atoms with Crippen molar-refractivity contribution in [3.05, 3.63) is 182 Å². The van der Waals surface area contributed by atoms with Crippen molar-refractivity contribution in [2.75, 3.05) is 0 Å². The molecule has 0 fully saturated rings. The van der Waals surface area contributed by atoms with E-state index < -0.39 is 0 Å². The van der Waals surface area contributed by atoms with Gasteiger partial charge in [0, 0.05) is 60.3 Å². The van der Waals surface area contributed by atoms with Crippen molar-refractivity contribution in [1.29, 1.82) is 0 Å². The predicted octanol–water partition coefficient (Wildman–Crippen LogP) is 13.4. The van der Waals surface area contributed by atoms with E-state index in [1.807, 2.05) is 66.7 Å². The van der Waals surface area contributed by atoms with Crippen LogP contribution in [0.1, 0.15) is 0 Å². The molecule has 0 saturated heterocycles. The fourth-order valence-electron chi connectivity index (χ4n) is 8.40. The third-order valence-corrected chi connectivity index (χ3v) is 11.1. The largest absolute Gasteiger partial charge is 0.456 e. The lowest BCUT2D eigenvalue weighted by molar-refractivity contribution is 0.668. The highest BCUT2D eigenvalue weighted by Crippen LogP contribution is 2.41. The van der Waals surface area contributed by atoms with Crippen molar-refractivity contribution in [1.82, 2.24) is 19.5 Å². The first-order chi connectivity index (χ1) is 28.2. The highest BCUT2D eigenvalue weighted by molar-refractivity contribution is 6.15. The molecule has 0 unspecified atom stereocenters. The molecule has 0 atom stereocenters. The predicted molar refractivity (Wildman–Crippen MR) is 230 cm³/mol. The number of nitrogens with zero attached hydrogens (tertiary/aromatic N) is 4. The van der Waals surface area contributed by atoms with Crippen LogP contribution < -0.4 is 0 Å². The van der Waals surface area contributed by atoms with Gasteiger partial charge < -0.3 is 13.4 Å². The second-order valence-corrected chi connectivity index (χ2v) is 14.4. The fourth-order valence-corrected chi connectivity index (χ4v) is 8.40. The number of aromatic nitrogens is 4. The average Bonchev–Trinajstić information content (AvgIpc) is 3.95. The van der Waals surface area contributed by atoms with Crippen LogP contribution in [0.3, 0.4) is 0 Å². The molecule has 6 nitrogen and oxygen atoms in total. The molecule has 4 aromatic heterocycles. The van der Waals surface area contributed by atoms with Gasteiger partial charge in [-0.25, -0.2) is 15.0 Å². The molecule has 266 valence electrons. The summed E-state index contributed by atoms with van der Waals surface area (Å²) >= 11 is 0. The van der Waals surface area contributed by atoms with Crippen LogP contribution >= 0.6 is 0 Å². The number of fused-ring (bicyclic) bond motifs is 9. The Morgan fingerprint density at radius 3 is 1.67 bits per heavy atom. The second kappa shape index (κ2) is 12.3. The molecule has 0 aliphatic heterocycles. The highest BCUT2D eigenvalue weighted by Gasteiger charge is 2.19. The van der Waals surface area contributed by atoms with Crippen LogP contribution in [0.25, 0.3) is 117 Å². The van der Waals surface area contributed by atoms with Crippen LogP contribution in [0.4, 0.5) is 0 Å². The van der Waals surface area contributed by atoms with Gasteiger partial charge in [-0.15, -0.1) is 0 Å². The van der Waals surface area contributed by atoms with Crippen LogP contribution in [-0.2, 0) is 0 Å². The summed E-state index contributed by atoms with van der Waals surface area (Å²) < 4.78 is 15.2. The van der Waals surface area contributed by atoms with E-state index in [2.05, 4.69) is 120 Å². The van der Waals surface area contributed by atoms with Crippen LogP contribution in [0.5, 0.6) is 0 Å². The van der Waals surface area contributed by atoms with E-state index in [0.29, 0.717) is 17.5 Å². The number of para-hydroxylation sites is 4. The summed E-state index contributed by atoms with van der Waals surface area (Å²) in [5.74, 6) is 1.76. The maximum absolute atomic E-state index is 6.68. The van der Waals surface area contributed by atoms with Crippen LogP contribution in [-0.4, -0.2) is 19.5 Å². The second-order valence-electron chi connectivity index (χ2n) is 14.4. The van der Waals surface area contributed by atoms with E-state index in [9.17, 15) is 0 Å². The fraction of sp³-hybridized carbons (Fsp3) is 0. The monoisotopic (exact) mass is 730 g/mol. The first-order valence-corrected chi connectivity index (χ1v) is 19.0. The smallest absolute Gasteiger partial charge is 0.164 e. The first kappa shape index (κ1) is 31.5. The van der Waals surface area contributed by atoms with Crippen molar-refractivity contribution in [2.24, 2.45) is 0 Å². The van der Waals surface area contributed by atoms with Gasteiger partial charge in [-0.2, -0.15) is 0 Å². The molecule has 0 amide bonds. The normalized spacial score (nSPS) is 11.9. The molecular weight excluding hydrogens is 701 g/mol. The zero-order valence-electron chi connectivity index (χ0n) is 30.4. The molecule has 0 aliphatic carbocycles. The Morgan fingerprint density at radius 2 is 0.877 bits per heavy atom. The van der Waals surface area contributed by atoms with E-state index in [1.165, 1.54) is 21.8 Å². The Kier molecular flexibility index (Phi) is 6.83. The third kappa shape index (κ3) is 5.01. The van der Waals surface area contributed by atoms with Gasteiger partial charge in [-0.3, -0.25) is 0 Å². The number of rotatable bonds is 5. The van der Waals surface area contributed by atoms with Gasteiger partial charge in [-0.1, -0.05) is 115 Å². The Bertz CT molecular complexity index is 3530. The molecule has 0 aliphatic rings. The van der Waals surface area contributed by atoms with Gasteiger partial charge >= 0.3 is 0 Å². The van der Waals surface area contributed by atoms with E-state index in [4.69, 9.17) is 23.8 Å². The van der Waals surface area contributed by atoms with Gasteiger partial charge in [0.1, 0.15) is 22.3 Å². The summed E-state index contributed by atoms with van der Waals surface area (Å²) in [6.45, 7) is 0. The van der Waals surface area contributed by atoms with Crippen molar-refractivity contribution < 1.29 is 8.83 Å². The molecule has 0 radical (unpaired) electrons. The van der Waals surface area contributed by atoms with Crippen LogP contribution in [0, 0.1) is 0 Å². The maximum atomic E-state index is 6.68. The molecule has 12 rings (SSSR count). The van der Waals surface area contributed by atoms with E-state index in [1.54, 1.807) is 0 Å². The molecule has 0 bridgehead atoms. The van der Waals surface area contributed by atoms with Gasteiger partial charge in [-0.05, 0) is 72.3 Å². The maximum Gasteiger partial charge on any atom is 0.164 e. The minimum absolute atomic E-state index is 0.569. The average molecular weight is 731 g/mol. The van der Waals surface area contributed by atoms with Crippen molar-refractivity contribution in [3.8, 4) is 51.0 Å². The standard InChI is InChI=1S/C51H30N4O2/c1-3-12-31(13-4-1)49-52-50(33-24-27-45-42(28-33)38-17-8-10-21-44(38)56-45)54-51(53-49)34-23-26-40-39-25-22-32(29-46(39)57-47(40)30-34)36-18-11-19-41-37-16-7-9-20-43(37)55(48(36)41)35-14-5-2-6-15-35/h1-30H. The van der Waals surface area contributed by atoms with E-state index >= 15 is 0 Å². The number of hydrogen-bond acceptors (Lipinski definition) is 5. The van der Waals surface area contributed by atoms with E-state index in [0.717, 1.165) is 77.4 Å². The van der Waals surface area contributed by atoms with Crippen molar-refractivity contribution in [2.45, 2.75) is 0 Å². The molecule has 12 aromatic rings. The Hall–Kier alpha value is -7.83. The molecule has 8 aromatic carbocycles. The minimum atomic E-state index is 0.569. The zero-order chi connectivity index (χ0) is 37.5. The zero-order valence-corrected chi connectivity index (χ0v) is 30.4. The molecule has 0 N–H and O–H groups in total. The molecule has 4 heterocycles. The lowest BCUT2D eigenvalue weighted by atomic mass is 10.00. The molecule has 0 spiro atoms. The quantitative estimate of drug-likeness (QED) is 0.176. The Labute approximate surface area is 325 Å². The number of furan rings is 2. The first-order valence-electron chi connectivity index (χ1n) is 19.0. The van der Waals surface area contributed by atoms with E-state index in [-0.39, 0.29) is 0 Å². The topological polar surface area (TPSA) is 69.9 Å². The molecule has 57 heavy (non-hydrogen) atoms. The molecule has 0 saturated carbocycles. The summed E-state index contributed by atoms with van der Waals surface area (Å²) in [7, 11) is 0. The molecule has 6 heteroatoms. The highest BCUT2D eigenvalue weighted by atomic mass is 16.3. The summed E-state index contributed by atoms with van der Waals surface area (Å²) in [6.07, 6.45) is 0. The minimum Gasteiger partial charge on any atom is -0.456 e. The molecular formula is C51H30N4O2.